The highest BCUT2D eigenvalue weighted by molar-refractivity contribution is 6.10. The first kappa shape index (κ1) is 11.6. The van der Waals surface area contributed by atoms with E-state index in [1.165, 1.54) is 4.90 Å². The third-order valence-corrected chi connectivity index (χ3v) is 2.83. The van der Waals surface area contributed by atoms with Crippen LogP contribution in [0, 0.1) is 0 Å². The number of carbonyl (C=O) groups is 2. The summed E-state index contributed by atoms with van der Waals surface area (Å²) in [5, 5.41) is 0. The van der Waals surface area contributed by atoms with Gasteiger partial charge in [0.15, 0.2) is 0 Å². The molecule has 0 bridgehead atoms. The normalized spacial score (nSPS) is 16.1. The fraction of sp³-hybridized carbons (Fsp3) is 0.385. The summed E-state index contributed by atoms with van der Waals surface area (Å²) in [6.07, 6.45) is 0.263. The molecule has 0 saturated heterocycles. The van der Waals surface area contributed by atoms with Crippen LogP contribution < -0.4 is 5.73 Å². The lowest BCUT2D eigenvalue weighted by atomic mass is 9.93. The van der Waals surface area contributed by atoms with Gasteiger partial charge in [-0.3, -0.25) is 14.5 Å². The van der Waals surface area contributed by atoms with Gasteiger partial charge >= 0.3 is 0 Å². The van der Waals surface area contributed by atoms with E-state index in [1.807, 2.05) is 20.8 Å². The summed E-state index contributed by atoms with van der Waals surface area (Å²) >= 11 is 0. The Labute approximate surface area is 100 Å². The molecule has 0 aliphatic carbocycles. The zero-order valence-electron chi connectivity index (χ0n) is 10.3. The number of fused-ring (bicyclic) bond motifs is 1. The van der Waals surface area contributed by atoms with Gasteiger partial charge in [0.25, 0.3) is 5.91 Å². The Bertz CT molecular complexity index is 501. The van der Waals surface area contributed by atoms with E-state index in [-0.39, 0.29) is 18.2 Å². The average Bonchev–Trinajstić information content (AvgIpc) is 2.17. The molecule has 0 atom stereocenters. The number of nitrogen functional groups attached to an aromatic ring is 1. The first-order valence-corrected chi connectivity index (χ1v) is 5.56. The van der Waals surface area contributed by atoms with Crippen LogP contribution in [0.5, 0.6) is 0 Å². The largest absolute Gasteiger partial charge is 0.399 e. The number of amides is 2. The number of rotatable bonds is 0. The van der Waals surface area contributed by atoms with Gasteiger partial charge in [-0.15, -0.1) is 0 Å². The number of benzene rings is 1. The predicted octanol–water partition coefficient (Wildman–Crippen LogP) is 1.59. The van der Waals surface area contributed by atoms with Crippen molar-refractivity contribution in [3.05, 3.63) is 29.3 Å². The molecule has 2 N–H and O–H groups in total. The zero-order valence-corrected chi connectivity index (χ0v) is 10.3. The van der Waals surface area contributed by atoms with E-state index < -0.39 is 5.54 Å². The van der Waals surface area contributed by atoms with Gasteiger partial charge in [-0.25, -0.2) is 0 Å². The summed E-state index contributed by atoms with van der Waals surface area (Å²) in [6, 6.07) is 5.11. The Morgan fingerprint density at radius 2 is 1.88 bits per heavy atom. The summed E-state index contributed by atoms with van der Waals surface area (Å²) in [4.78, 5) is 25.6. The molecule has 17 heavy (non-hydrogen) atoms. The van der Waals surface area contributed by atoms with Crippen LogP contribution in [0.25, 0.3) is 0 Å². The van der Waals surface area contributed by atoms with Gasteiger partial charge in [-0.05, 0) is 38.5 Å². The van der Waals surface area contributed by atoms with Gasteiger partial charge in [0.1, 0.15) is 0 Å². The van der Waals surface area contributed by atoms with Crippen molar-refractivity contribution < 1.29 is 9.59 Å². The van der Waals surface area contributed by atoms with E-state index in [0.717, 1.165) is 5.56 Å². The van der Waals surface area contributed by atoms with Crippen molar-refractivity contribution in [1.82, 2.24) is 4.90 Å². The van der Waals surface area contributed by atoms with Crippen molar-refractivity contribution in [3.63, 3.8) is 0 Å². The molecule has 0 radical (unpaired) electrons. The van der Waals surface area contributed by atoms with Crippen LogP contribution >= 0.6 is 0 Å². The maximum absolute atomic E-state index is 12.3. The van der Waals surface area contributed by atoms with Crippen LogP contribution in [0.1, 0.15) is 36.7 Å². The van der Waals surface area contributed by atoms with Gasteiger partial charge < -0.3 is 5.73 Å². The molecule has 1 aromatic rings. The fourth-order valence-electron chi connectivity index (χ4n) is 2.10. The Kier molecular flexibility index (Phi) is 2.45. The molecule has 90 valence electrons. The molecule has 1 aliphatic heterocycles. The van der Waals surface area contributed by atoms with Crippen LogP contribution in [0.2, 0.25) is 0 Å². The van der Waals surface area contributed by atoms with Crippen LogP contribution in [-0.2, 0) is 11.2 Å². The van der Waals surface area contributed by atoms with Crippen molar-refractivity contribution in [1.29, 1.82) is 0 Å². The van der Waals surface area contributed by atoms with Crippen molar-refractivity contribution in [2.45, 2.75) is 32.7 Å². The Hall–Kier alpha value is -1.84. The van der Waals surface area contributed by atoms with E-state index in [0.29, 0.717) is 11.3 Å². The number of imide groups is 1. The van der Waals surface area contributed by atoms with Gasteiger partial charge in [-0.2, -0.15) is 0 Å². The predicted molar refractivity (Wildman–Crippen MR) is 65.5 cm³/mol. The van der Waals surface area contributed by atoms with E-state index in [4.69, 9.17) is 5.73 Å². The summed E-state index contributed by atoms with van der Waals surface area (Å²) in [7, 11) is 0. The molecule has 4 heteroatoms. The van der Waals surface area contributed by atoms with Gasteiger partial charge in [0.2, 0.25) is 5.91 Å². The number of hydrogen-bond acceptors (Lipinski definition) is 3. The minimum absolute atomic E-state index is 0.153. The standard InChI is InChI=1S/C13H16N2O2/c1-13(2,3)15-11(16)6-8-4-5-9(14)7-10(8)12(15)17/h4-5,7H,6,14H2,1-3H3. The van der Waals surface area contributed by atoms with Crippen molar-refractivity contribution >= 4 is 17.5 Å². The molecule has 2 amide bonds. The molecule has 0 fully saturated rings. The van der Waals surface area contributed by atoms with Crippen molar-refractivity contribution in [2.24, 2.45) is 0 Å². The fourth-order valence-corrected chi connectivity index (χ4v) is 2.10. The number of anilines is 1. The lowest BCUT2D eigenvalue weighted by molar-refractivity contribution is -0.132. The molecule has 2 rings (SSSR count). The summed E-state index contributed by atoms with van der Waals surface area (Å²) < 4.78 is 0. The van der Waals surface area contributed by atoms with E-state index in [1.54, 1.807) is 18.2 Å². The second kappa shape index (κ2) is 3.58. The number of nitrogens with zero attached hydrogens (tertiary/aromatic N) is 1. The van der Waals surface area contributed by atoms with E-state index >= 15 is 0 Å². The molecule has 0 saturated carbocycles. The molecule has 1 heterocycles. The molecule has 1 aromatic carbocycles. The maximum atomic E-state index is 12.3. The number of nitrogens with two attached hydrogens (primary N) is 1. The minimum atomic E-state index is -0.504. The van der Waals surface area contributed by atoms with Gasteiger partial charge in [0, 0.05) is 16.8 Å². The Morgan fingerprint density at radius 1 is 1.24 bits per heavy atom. The highest BCUT2D eigenvalue weighted by Gasteiger charge is 2.37. The summed E-state index contributed by atoms with van der Waals surface area (Å²) in [5.41, 5.74) is 7.02. The molecule has 0 aromatic heterocycles. The third kappa shape index (κ3) is 1.90. The Morgan fingerprint density at radius 3 is 2.47 bits per heavy atom. The molecular formula is C13H16N2O2. The van der Waals surface area contributed by atoms with Crippen molar-refractivity contribution in [2.75, 3.05) is 5.73 Å². The van der Waals surface area contributed by atoms with Crippen LogP contribution in [-0.4, -0.2) is 22.3 Å². The van der Waals surface area contributed by atoms with Crippen molar-refractivity contribution in [3.8, 4) is 0 Å². The smallest absolute Gasteiger partial charge is 0.261 e. The molecule has 1 aliphatic rings. The molecular weight excluding hydrogens is 216 g/mol. The highest BCUT2D eigenvalue weighted by atomic mass is 16.2. The van der Waals surface area contributed by atoms with E-state index in [9.17, 15) is 9.59 Å². The lowest BCUT2D eigenvalue weighted by Crippen LogP contribution is -2.52. The third-order valence-electron chi connectivity index (χ3n) is 2.83. The number of carbonyl (C=O) groups excluding carboxylic acids is 2. The van der Waals surface area contributed by atoms with Crippen LogP contribution in [0.4, 0.5) is 5.69 Å². The average molecular weight is 232 g/mol. The van der Waals surface area contributed by atoms with E-state index in [2.05, 4.69) is 0 Å². The summed E-state index contributed by atoms with van der Waals surface area (Å²) in [6.45, 7) is 5.54. The monoisotopic (exact) mass is 232 g/mol. The summed E-state index contributed by atoms with van der Waals surface area (Å²) in [5.74, 6) is -0.407. The zero-order chi connectivity index (χ0) is 12.8. The SMILES string of the molecule is CC(C)(C)N1C(=O)Cc2ccc(N)cc2C1=O. The quantitative estimate of drug-likeness (QED) is 0.545. The minimum Gasteiger partial charge on any atom is -0.399 e. The molecule has 0 spiro atoms. The number of hydrogen-bond donors (Lipinski definition) is 1. The second-order valence-corrected chi connectivity index (χ2v) is 5.30. The van der Waals surface area contributed by atoms with Crippen LogP contribution in [0.3, 0.4) is 0 Å². The topological polar surface area (TPSA) is 63.4 Å². The molecule has 4 nitrogen and oxygen atoms in total. The first-order valence-electron chi connectivity index (χ1n) is 5.56. The second-order valence-electron chi connectivity index (χ2n) is 5.30. The Balaban J connectivity index is 2.53. The lowest BCUT2D eigenvalue weighted by Gasteiger charge is -2.37. The maximum Gasteiger partial charge on any atom is 0.261 e. The molecule has 0 unspecified atom stereocenters. The van der Waals surface area contributed by atoms with Crippen LogP contribution in [0.15, 0.2) is 18.2 Å². The first-order chi connectivity index (χ1) is 7.80. The highest BCUT2D eigenvalue weighted by Crippen LogP contribution is 2.27. The van der Waals surface area contributed by atoms with Gasteiger partial charge in [0.05, 0.1) is 6.42 Å². The van der Waals surface area contributed by atoms with Gasteiger partial charge in [-0.1, -0.05) is 6.07 Å².